The van der Waals surface area contributed by atoms with Gasteiger partial charge in [0.2, 0.25) is 0 Å². The van der Waals surface area contributed by atoms with E-state index in [4.69, 9.17) is 5.26 Å². The minimum atomic E-state index is -0.617. The Morgan fingerprint density at radius 1 is 1.46 bits per heavy atom. The summed E-state index contributed by atoms with van der Waals surface area (Å²) >= 11 is 0. The zero-order chi connectivity index (χ0) is 17.1. The fourth-order valence-electron chi connectivity index (χ4n) is 3.00. The van der Waals surface area contributed by atoms with Crippen molar-refractivity contribution in [3.63, 3.8) is 0 Å². The van der Waals surface area contributed by atoms with Crippen molar-refractivity contribution in [3.8, 4) is 6.07 Å². The molecular weight excluding hydrogens is 309 g/mol. The van der Waals surface area contributed by atoms with Crippen LogP contribution in [0.5, 0.6) is 0 Å². The molecule has 0 radical (unpaired) electrons. The second-order valence-corrected chi connectivity index (χ2v) is 5.88. The quantitative estimate of drug-likeness (QED) is 0.933. The molecule has 124 valence electrons. The molecule has 1 atom stereocenters. The van der Waals surface area contributed by atoms with Gasteiger partial charge in [0.15, 0.2) is 0 Å². The van der Waals surface area contributed by atoms with Crippen molar-refractivity contribution in [1.29, 1.82) is 5.26 Å². The molecule has 3 rings (SSSR count). The number of aryl methyl sites for hydroxylation is 1. The third-order valence-corrected chi connectivity index (χ3v) is 4.22. The molecule has 0 spiro atoms. The Morgan fingerprint density at radius 2 is 2.29 bits per heavy atom. The molecule has 1 fully saturated rings. The summed E-state index contributed by atoms with van der Waals surface area (Å²) in [7, 11) is 1.89. The maximum absolute atomic E-state index is 13.4. The molecule has 7 heteroatoms. The summed E-state index contributed by atoms with van der Waals surface area (Å²) in [6.45, 7) is 1.61. The van der Waals surface area contributed by atoms with Gasteiger partial charge in [-0.25, -0.2) is 4.39 Å². The van der Waals surface area contributed by atoms with Crippen molar-refractivity contribution in [1.82, 2.24) is 15.1 Å². The van der Waals surface area contributed by atoms with Gasteiger partial charge in [0, 0.05) is 37.8 Å². The van der Waals surface area contributed by atoms with Gasteiger partial charge >= 0.3 is 0 Å². The van der Waals surface area contributed by atoms with E-state index >= 15 is 0 Å². The number of benzene rings is 1. The first-order valence-electron chi connectivity index (χ1n) is 7.82. The van der Waals surface area contributed by atoms with Gasteiger partial charge in [0.1, 0.15) is 17.7 Å². The fourth-order valence-corrected chi connectivity index (χ4v) is 3.00. The third-order valence-electron chi connectivity index (χ3n) is 4.22. The lowest BCUT2D eigenvalue weighted by Crippen LogP contribution is -2.48. The second-order valence-electron chi connectivity index (χ2n) is 5.88. The Hall–Kier alpha value is -2.88. The maximum Gasteiger partial charge on any atom is 0.251 e. The molecule has 1 aliphatic rings. The molecule has 0 bridgehead atoms. The van der Waals surface area contributed by atoms with Crippen molar-refractivity contribution in [2.24, 2.45) is 7.05 Å². The van der Waals surface area contributed by atoms with E-state index in [2.05, 4.69) is 15.3 Å². The maximum atomic E-state index is 13.4. The molecule has 0 saturated carbocycles. The summed E-state index contributed by atoms with van der Waals surface area (Å²) in [6.07, 6.45) is 3.59. The molecule has 1 amide bonds. The van der Waals surface area contributed by atoms with Crippen molar-refractivity contribution in [3.05, 3.63) is 47.4 Å². The minimum Gasteiger partial charge on any atom is -0.355 e. The molecule has 6 nitrogen and oxygen atoms in total. The van der Waals surface area contributed by atoms with Crippen LogP contribution < -0.4 is 10.2 Å². The Bertz CT molecular complexity index is 795. The van der Waals surface area contributed by atoms with Crippen LogP contribution in [0.25, 0.3) is 0 Å². The lowest BCUT2D eigenvalue weighted by molar-refractivity contribution is 0.0933. The molecule has 0 aliphatic carbocycles. The van der Waals surface area contributed by atoms with E-state index in [1.807, 2.05) is 17.8 Å². The van der Waals surface area contributed by atoms with Crippen LogP contribution in [0.4, 0.5) is 10.2 Å². The van der Waals surface area contributed by atoms with E-state index in [1.165, 1.54) is 12.1 Å². The number of hydrogen-bond acceptors (Lipinski definition) is 4. The number of nitriles is 1. The van der Waals surface area contributed by atoms with Crippen LogP contribution in [0.1, 0.15) is 28.8 Å². The molecule has 24 heavy (non-hydrogen) atoms. The second kappa shape index (κ2) is 6.71. The number of carbonyl (C=O) groups is 1. The predicted molar refractivity (Wildman–Crippen MR) is 87.0 cm³/mol. The number of rotatable bonds is 3. The highest BCUT2D eigenvalue weighted by Gasteiger charge is 2.23. The number of aromatic nitrogens is 2. The van der Waals surface area contributed by atoms with Crippen molar-refractivity contribution in [2.75, 3.05) is 18.0 Å². The molecule has 1 saturated heterocycles. The highest BCUT2D eigenvalue weighted by atomic mass is 19.1. The van der Waals surface area contributed by atoms with Gasteiger partial charge in [0.05, 0.1) is 11.8 Å². The fraction of sp³-hybridized carbons (Fsp3) is 0.353. The molecule has 1 aromatic carbocycles. The minimum absolute atomic E-state index is 0.00302. The van der Waals surface area contributed by atoms with Crippen LogP contribution in [0, 0.1) is 17.1 Å². The van der Waals surface area contributed by atoms with Gasteiger partial charge in [-0.3, -0.25) is 9.48 Å². The summed E-state index contributed by atoms with van der Waals surface area (Å²) < 4.78 is 15.2. The summed E-state index contributed by atoms with van der Waals surface area (Å²) in [6, 6.07) is 7.53. The molecule has 1 N–H and O–H groups in total. The lowest BCUT2D eigenvalue weighted by atomic mass is 10.0. The van der Waals surface area contributed by atoms with E-state index in [1.54, 1.807) is 12.3 Å². The summed E-state index contributed by atoms with van der Waals surface area (Å²) in [5.74, 6) is 0.111. The molecule has 2 aromatic rings. The number of halogens is 1. The van der Waals surface area contributed by atoms with Crippen molar-refractivity contribution < 1.29 is 9.18 Å². The van der Waals surface area contributed by atoms with Gasteiger partial charge < -0.3 is 10.2 Å². The van der Waals surface area contributed by atoms with E-state index < -0.39 is 5.82 Å². The first kappa shape index (κ1) is 16.0. The Kier molecular flexibility index (Phi) is 4.47. The van der Waals surface area contributed by atoms with Gasteiger partial charge in [-0.15, -0.1) is 0 Å². The SMILES string of the molecule is Cn1nccc1N1CCC[C@@H](NC(=O)c2ccc(F)c(C#N)c2)C1. The van der Waals surface area contributed by atoms with Crippen LogP contribution in [0.2, 0.25) is 0 Å². The monoisotopic (exact) mass is 327 g/mol. The number of nitrogens with one attached hydrogen (secondary N) is 1. The Morgan fingerprint density at radius 3 is 3.00 bits per heavy atom. The third kappa shape index (κ3) is 3.23. The zero-order valence-corrected chi connectivity index (χ0v) is 13.4. The van der Waals surface area contributed by atoms with E-state index in [0.717, 1.165) is 31.3 Å². The standard InChI is InChI=1S/C17H18FN5O/c1-22-16(6-7-20-22)23-8-2-3-14(11-23)21-17(24)12-4-5-15(18)13(9-12)10-19/h4-7,9,14H,2-3,8,11H2,1H3,(H,21,24)/t14-/m1/s1. The van der Waals surface area contributed by atoms with Crippen LogP contribution in [0.15, 0.2) is 30.5 Å². The van der Waals surface area contributed by atoms with Gasteiger partial charge in [-0.1, -0.05) is 0 Å². The highest BCUT2D eigenvalue weighted by molar-refractivity contribution is 5.94. The first-order valence-corrected chi connectivity index (χ1v) is 7.82. The molecule has 1 aromatic heterocycles. The Labute approximate surface area is 139 Å². The van der Waals surface area contributed by atoms with E-state index in [-0.39, 0.29) is 17.5 Å². The molecule has 1 aliphatic heterocycles. The average molecular weight is 327 g/mol. The summed E-state index contributed by atoms with van der Waals surface area (Å²) in [5.41, 5.74) is 0.174. The van der Waals surface area contributed by atoms with E-state index in [0.29, 0.717) is 12.1 Å². The highest BCUT2D eigenvalue weighted by Crippen LogP contribution is 2.19. The number of nitrogens with zero attached hydrogens (tertiary/aromatic N) is 4. The number of amides is 1. The number of piperidine rings is 1. The summed E-state index contributed by atoms with van der Waals surface area (Å²) in [5, 5.41) is 16.0. The summed E-state index contributed by atoms with van der Waals surface area (Å²) in [4.78, 5) is 14.6. The van der Waals surface area contributed by atoms with Gasteiger partial charge in [0.25, 0.3) is 5.91 Å². The van der Waals surface area contributed by atoms with E-state index in [9.17, 15) is 9.18 Å². The van der Waals surface area contributed by atoms with Crippen LogP contribution >= 0.6 is 0 Å². The van der Waals surface area contributed by atoms with Crippen molar-refractivity contribution in [2.45, 2.75) is 18.9 Å². The molecule has 0 unspecified atom stereocenters. The molecule has 2 heterocycles. The van der Waals surface area contributed by atoms with Gasteiger partial charge in [-0.2, -0.15) is 10.4 Å². The normalized spacial score (nSPS) is 17.4. The largest absolute Gasteiger partial charge is 0.355 e. The molecular formula is C17H18FN5O. The first-order chi connectivity index (χ1) is 11.6. The topological polar surface area (TPSA) is 74.0 Å². The Balaban J connectivity index is 1.68. The predicted octanol–water partition coefficient (Wildman–Crippen LogP) is 1.83. The smallest absolute Gasteiger partial charge is 0.251 e. The lowest BCUT2D eigenvalue weighted by Gasteiger charge is -2.34. The van der Waals surface area contributed by atoms with Gasteiger partial charge in [-0.05, 0) is 31.0 Å². The number of anilines is 1. The van der Waals surface area contributed by atoms with Crippen LogP contribution in [-0.4, -0.2) is 34.8 Å². The zero-order valence-electron chi connectivity index (χ0n) is 13.4. The number of hydrogen-bond donors (Lipinski definition) is 1. The van der Waals surface area contributed by atoms with Crippen LogP contribution in [0.3, 0.4) is 0 Å². The van der Waals surface area contributed by atoms with Crippen LogP contribution in [-0.2, 0) is 7.05 Å². The average Bonchev–Trinajstić information content (AvgIpc) is 3.01. The number of carbonyl (C=O) groups excluding carboxylic acids is 1. The van der Waals surface area contributed by atoms with Crippen molar-refractivity contribution >= 4 is 11.7 Å².